The van der Waals surface area contributed by atoms with Crippen molar-refractivity contribution in [2.75, 3.05) is 49.7 Å². The van der Waals surface area contributed by atoms with Crippen LogP contribution in [-0.2, 0) is 40.3 Å². The minimum absolute atomic E-state index is 0.0384. The molecule has 2 aliphatic heterocycles. The molecule has 6 aromatic rings. The molecule has 0 spiro atoms. The molecule has 2 unspecified atom stereocenters. The predicted molar refractivity (Wildman–Crippen MR) is 284 cm³/mol. The molecule has 3 aromatic heterocycles. The van der Waals surface area contributed by atoms with E-state index in [2.05, 4.69) is 34.1 Å². The number of aromatic nitrogens is 4. The van der Waals surface area contributed by atoms with Gasteiger partial charge in [0.05, 0.1) is 48.4 Å². The van der Waals surface area contributed by atoms with E-state index in [-0.39, 0.29) is 33.4 Å². The van der Waals surface area contributed by atoms with E-state index >= 15 is 0 Å². The highest BCUT2D eigenvalue weighted by Crippen LogP contribution is 2.72. The number of thiazole rings is 1. The number of ether oxygens (including phenoxy) is 4. The van der Waals surface area contributed by atoms with E-state index in [1.807, 2.05) is 78.6 Å². The number of nitrogens with one attached hydrogen (secondary N) is 2. The molecule has 12 rings (SSSR count). The Labute approximate surface area is 445 Å². The lowest BCUT2D eigenvalue weighted by Gasteiger charge is -2.69. The largest absolute Gasteiger partial charge is 0.476 e. The maximum Gasteiger partial charge on any atom is 0.355 e. The molecule has 6 aliphatic rings. The number of para-hydroxylation sites is 1. The zero-order chi connectivity index (χ0) is 53.0. The number of nitrogens with zero attached hydrogens (tertiary/aromatic N) is 5. The summed E-state index contributed by atoms with van der Waals surface area (Å²) < 4.78 is 27.2. The second-order valence-corrected chi connectivity index (χ2v) is 23.7. The molecule has 5 fully saturated rings. The van der Waals surface area contributed by atoms with Crippen LogP contribution in [0.1, 0.15) is 95.6 Å². The molecule has 3 aromatic carbocycles. The maximum absolute atomic E-state index is 13.7. The van der Waals surface area contributed by atoms with Crippen molar-refractivity contribution < 1.29 is 54.1 Å². The SMILES string of the molecule is Cc1c(-c2ccc(N3CCc4cccc(C(=O)Nc5nc6ccccc6s5)c4C3)nc2C(=O)O)cnn1CC12CC3(C)CC(C)(C1)CC(OCCOCCNCc1ccc(O[C@@H]4O[C@H](CO)[C@@H](O)[C@@H](O)[C@H]4O)cc1)(C3)C2. The Balaban J connectivity index is 0.693. The van der Waals surface area contributed by atoms with Crippen molar-refractivity contribution in [1.29, 1.82) is 0 Å². The second kappa shape index (κ2) is 20.8. The number of fused-ring (bicyclic) bond motifs is 2. The number of carbonyl (C=O) groups is 2. The fourth-order valence-electron chi connectivity index (χ4n) is 14.2. The summed E-state index contributed by atoms with van der Waals surface area (Å²) >= 11 is 1.43. The van der Waals surface area contributed by atoms with E-state index in [9.17, 15) is 35.1 Å². The van der Waals surface area contributed by atoms with Crippen LogP contribution < -0.4 is 20.3 Å². The van der Waals surface area contributed by atoms with Gasteiger partial charge >= 0.3 is 5.97 Å². The molecule has 402 valence electrons. The summed E-state index contributed by atoms with van der Waals surface area (Å²) in [5.41, 5.74) is 6.39. The highest BCUT2D eigenvalue weighted by Gasteiger charge is 2.66. The third kappa shape index (κ3) is 10.5. The van der Waals surface area contributed by atoms with Crippen molar-refractivity contribution in [3.63, 3.8) is 0 Å². The number of benzene rings is 3. The van der Waals surface area contributed by atoms with Gasteiger partial charge in [0.1, 0.15) is 36.0 Å². The Hall–Kier alpha value is -5.87. The fourth-order valence-corrected chi connectivity index (χ4v) is 15.1. The molecule has 0 radical (unpaired) electrons. The Kier molecular flexibility index (Phi) is 14.3. The third-order valence-corrected chi connectivity index (χ3v) is 17.3. The molecular formula is C57H67N7O11S. The van der Waals surface area contributed by atoms with Gasteiger partial charge in [0, 0.05) is 55.1 Å². The average Bonchev–Trinajstić information content (AvgIpc) is 4.11. The first-order chi connectivity index (χ1) is 36.5. The normalized spacial score (nSPS) is 28.7. The van der Waals surface area contributed by atoms with E-state index in [0.29, 0.717) is 86.8 Å². The van der Waals surface area contributed by atoms with Crippen LogP contribution in [0.4, 0.5) is 10.9 Å². The van der Waals surface area contributed by atoms with Gasteiger partial charge in [-0.15, -0.1) is 0 Å². The van der Waals surface area contributed by atoms with Crippen molar-refractivity contribution >= 4 is 44.4 Å². The number of carboxylic acids is 1. The number of amides is 1. The molecule has 4 bridgehead atoms. The van der Waals surface area contributed by atoms with Gasteiger partial charge < -0.3 is 54.7 Å². The Morgan fingerprint density at radius 1 is 0.855 bits per heavy atom. The molecule has 1 amide bonds. The van der Waals surface area contributed by atoms with Crippen molar-refractivity contribution in [2.45, 2.75) is 122 Å². The van der Waals surface area contributed by atoms with Gasteiger partial charge in [-0.25, -0.2) is 14.8 Å². The van der Waals surface area contributed by atoms with Crippen LogP contribution in [0.3, 0.4) is 0 Å². The number of hydrogen-bond donors (Lipinski definition) is 7. The molecule has 1 saturated heterocycles. The molecule has 7 atom stereocenters. The van der Waals surface area contributed by atoms with Gasteiger partial charge in [0.25, 0.3) is 5.91 Å². The quantitative estimate of drug-likeness (QED) is 0.0429. The number of rotatable bonds is 19. The summed E-state index contributed by atoms with van der Waals surface area (Å²) in [6.45, 7) is 10.8. The average molecular weight is 1060 g/mol. The van der Waals surface area contributed by atoms with E-state index in [1.165, 1.54) is 11.3 Å². The van der Waals surface area contributed by atoms with Crippen LogP contribution in [0, 0.1) is 23.2 Å². The summed E-state index contributed by atoms with van der Waals surface area (Å²) in [5, 5.41) is 62.4. The Morgan fingerprint density at radius 3 is 2.41 bits per heavy atom. The first-order valence-electron chi connectivity index (χ1n) is 26.3. The Morgan fingerprint density at radius 2 is 1.64 bits per heavy atom. The van der Waals surface area contributed by atoms with Crippen LogP contribution in [-0.4, -0.2) is 133 Å². The van der Waals surface area contributed by atoms with E-state index in [0.717, 1.165) is 76.7 Å². The summed E-state index contributed by atoms with van der Waals surface area (Å²) in [7, 11) is 0. The van der Waals surface area contributed by atoms with Gasteiger partial charge in [0.15, 0.2) is 10.8 Å². The van der Waals surface area contributed by atoms with Crippen LogP contribution in [0.15, 0.2) is 85.1 Å². The maximum atomic E-state index is 13.7. The topological polar surface area (TPSA) is 243 Å². The lowest BCUT2D eigenvalue weighted by molar-refractivity contribution is -0.277. The highest BCUT2D eigenvalue weighted by atomic mass is 32.1. The molecule has 4 aliphatic carbocycles. The van der Waals surface area contributed by atoms with Gasteiger partial charge in [0.2, 0.25) is 6.29 Å². The molecule has 76 heavy (non-hydrogen) atoms. The minimum Gasteiger partial charge on any atom is -0.476 e. The number of hydrogen-bond acceptors (Lipinski definition) is 16. The molecule has 7 N–H and O–H groups in total. The summed E-state index contributed by atoms with van der Waals surface area (Å²) in [6, 6.07) is 24.5. The van der Waals surface area contributed by atoms with Crippen LogP contribution >= 0.6 is 11.3 Å². The lowest BCUT2D eigenvalue weighted by Crippen LogP contribution is -2.64. The predicted octanol–water partition coefficient (Wildman–Crippen LogP) is 6.50. The molecular weight excluding hydrogens is 991 g/mol. The highest BCUT2D eigenvalue weighted by molar-refractivity contribution is 7.22. The molecule has 4 saturated carbocycles. The molecule has 18 nitrogen and oxygen atoms in total. The summed E-state index contributed by atoms with van der Waals surface area (Å²) in [6.07, 6.45) is 1.99. The van der Waals surface area contributed by atoms with E-state index in [1.54, 1.807) is 18.3 Å². The monoisotopic (exact) mass is 1060 g/mol. The third-order valence-electron chi connectivity index (χ3n) is 16.4. The number of aliphatic hydroxyl groups is 4. The number of pyridine rings is 1. The van der Waals surface area contributed by atoms with Crippen molar-refractivity contribution in [2.24, 2.45) is 16.2 Å². The number of carbonyl (C=O) groups excluding carboxylic acids is 1. The first-order valence-corrected chi connectivity index (χ1v) is 27.1. The lowest BCUT2D eigenvalue weighted by atomic mass is 9.39. The van der Waals surface area contributed by atoms with E-state index < -0.39 is 43.3 Å². The van der Waals surface area contributed by atoms with Crippen LogP contribution in [0.25, 0.3) is 21.3 Å². The second-order valence-electron chi connectivity index (χ2n) is 22.7. The van der Waals surface area contributed by atoms with Gasteiger partial charge in [-0.05, 0) is 127 Å². The number of aliphatic hydroxyl groups excluding tert-OH is 4. The smallest absolute Gasteiger partial charge is 0.355 e. The summed E-state index contributed by atoms with van der Waals surface area (Å²) in [5.74, 6) is -0.413. The number of anilines is 2. The van der Waals surface area contributed by atoms with Crippen molar-refractivity contribution in [3.8, 4) is 16.9 Å². The van der Waals surface area contributed by atoms with Gasteiger partial charge in [-0.1, -0.05) is 61.6 Å². The number of aromatic carboxylic acids is 1. The Bertz CT molecular complexity index is 3060. The fraction of sp³-hybridized carbons (Fsp3) is 0.491. The van der Waals surface area contributed by atoms with Crippen LogP contribution in [0.2, 0.25) is 0 Å². The molecule has 5 heterocycles. The van der Waals surface area contributed by atoms with Gasteiger partial charge in [-0.2, -0.15) is 5.10 Å². The van der Waals surface area contributed by atoms with E-state index in [4.69, 9.17) is 29.0 Å². The number of carboxylic acid groups (broad SMARTS) is 1. The first kappa shape index (κ1) is 52.2. The van der Waals surface area contributed by atoms with Gasteiger partial charge in [-0.3, -0.25) is 14.8 Å². The minimum atomic E-state index is -1.51. The van der Waals surface area contributed by atoms with Crippen molar-refractivity contribution in [3.05, 3.63) is 119 Å². The molecule has 19 heteroatoms. The zero-order valence-corrected chi connectivity index (χ0v) is 43.9. The standard InChI is InChI=1S/C57H67N7O11S/c1-34-40(38-15-16-45(61-46(38)51(70)71)63-19-17-36-7-6-8-39(41(36)25-63)50(69)62-53-60-42-9-4-5-10-44(42)76-53)24-59-64(34)33-56-28-54(2)27-55(3,29-56)31-57(30-54,32-56)73-22-21-72-20-18-58-23-35-11-13-37(14-12-35)74-52-49(68)48(67)47(66)43(26-65)75-52/h4-16,24,43,47-49,52,58,65-68H,17-23,25-33H2,1-3H3,(H,70,71)(H,60,62,69)/t43-,47-,48-,49-,52-,54?,55?,56?,57?/m1/s1. The zero-order valence-electron chi connectivity index (χ0n) is 43.1. The summed E-state index contributed by atoms with van der Waals surface area (Å²) in [4.78, 5) is 38.2. The van der Waals surface area contributed by atoms with Crippen LogP contribution in [0.5, 0.6) is 5.75 Å². The van der Waals surface area contributed by atoms with Crippen molar-refractivity contribution in [1.82, 2.24) is 25.1 Å².